The van der Waals surface area contributed by atoms with Gasteiger partial charge in [-0.15, -0.1) is 0 Å². The summed E-state index contributed by atoms with van der Waals surface area (Å²) in [5, 5.41) is 9.53. The van der Waals surface area contributed by atoms with Gasteiger partial charge in [0.1, 0.15) is 12.4 Å². The SMILES string of the molecule is Cc1ccc(C#Cc2ccc(CO)c(OCc3ccc(C(F)(F)F)cc3)c2)cc1. The molecule has 0 atom stereocenters. The first-order valence-corrected chi connectivity index (χ1v) is 8.96. The summed E-state index contributed by atoms with van der Waals surface area (Å²) in [7, 11) is 0. The zero-order valence-electron chi connectivity index (χ0n) is 15.8. The Balaban J connectivity index is 1.75. The lowest BCUT2D eigenvalue weighted by atomic mass is 10.1. The van der Waals surface area contributed by atoms with Gasteiger partial charge in [-0.25, -0.2) is 0 Å². The monoisotopic (exact) mass is 396 g/mol. The van der Waals surface area contributed by atoms with Crippen molar-refractivity contribution in [1.29, 1.82) is 0 Å². The van der Waals surface area contributed by atoms with Crippen LogP contribution in [0.15, 0.2) is 66.7 Å². The van der Waals surface area contributed by atoms with Crippen molar-refractivity contribution in [2.24, 2.45) is 0 Å². The average Bonchev–Trinajstić information content (AvgIpc) is 2.71. The zero-order valence-corrected chi connectivity index (χ0v) is 15.8. The number of aryl methyl sites for hydroxylation is 1. The van der Waals surface area contributed by atoms with Gasteiger partial charge in [-0.1, -0.05) is 47.7 Å². The van der Waals surface area contributed by atoms with Gasteiger partial charge in [-0.05, 0) is 48.9 Å². The summed E-state index contributed by atoms with van der Waals surface area (Å²) in [5.74, 6) is 6.58. The van der Waals surface area contributed by atoms with Crippen LogP contribution >= 0.6 is 0 Å². The molecule has 0 spiro atoms. The molecule has 1 N–H and O–H groups in total. The quantitative estimate of drug-likeness (QED) is 0.592. The standard InChI is InChI=1S/C24H19F3O2/c1-17-2-4-18(5-3-17)6-7-19-8-11-21(15-28)23(14-19)29-16-20-9-12-22(13-10-20)24(25,26)27/h2-5,8-14,28H,15-16H2,1H3. The summed E-state index contributed by atoms with van der Waals surface area (Å²) in [4.78, 5) is 0. The Labute approximate surface area is 167 Å². The molecule has 3 rings (SSSR count). The van der Waals surface area contributed by atoms with Crippen molar-refractivity contribution in [3.63, 3.8) is 0 Å². The second-order valence-corrected chi connectivity index (χ2v) is 6.58. The van der Waals surface area contributed by atoms with E-state index in [1.54, 1.807) is 18.2 Å². The highest BCUT2D eigenvalue weighted by molar-refractivity contribution is 5.48. The molecular formula is C24H19F3O2. The van der Waals surface area contributed by atoms with Gasteiger partial charge in [0.2, 0.25) is 0 Å². The van der Waals surface area contributed by atoms with E-state index in [-0.39, 0.29) is 13.2 Å². The van der Waals surface area contributed by atoms with E-state index in [4.69, 9.17) is 4.74 Å². The van der Waals surface area contributed by atoms with Gasteiger partial charge in [0.05, 0.1) is 12.2 Å². The van der Waals surface area contributed by atoms with Gasteiger partial charge >= 0.3 is 6.18 Å². The van der Waals surface area contributed by atoms with Crippen molar-refractivity contribution in [1.82, 2.24) is 0 Å². The molecular weight excluding hydrogens is 377 g/mol. The van der Waals surface area contributed by atoms with Crippen LogP contribution in [-0.4, -0.2) is 5.11 Å². The van der Waals surface area contributed by atoms with E-state index < -0.39 is 11.7 Å². The van der Waals surface area contributed by atoms with E-state index >= 15 is 0 Å². The third-order valence-corrected chi connectivity index (χ3v) is 4.32. The maximum atomic E-state index is 12.7. The molecule has 3 aromatic carbocycles. The minimum atomic E-state index is -4.37. The highest BCUT2D eigenvalue weighted by Gasteiger charge is 2.29. The Morgan fingerprint density at radius 3 is 2.10 bits per heavy atom. The van der Waals surface area contributed by atoms with Gasteiger partial charge in [0.15, 0.2) is 0 Å². The summed E-state index contributed by atoms with van der Waals surface area (Å²) in [5.41, 5.74) is 3.22. The van der Waals surface area contributed by atoms with Crippen molar-refractivity contribution in [3.8, 4) is 17.6 Å². The zero-order chi connectivity index (χ0) is 20.9. The molecule has 0 aliphatic rings. The third-order valence-electron chi connectivity index (χ3n) is 4.32. The number of alkyl halides is 3. The van der Waals surface area contributed by atoms with Crippen molar-refractivity contribution >= 4 is 0 Å². The topological polar surface area (TPSA) is 29.5 Å². The number of hydrogen-bond acceptors (Lipinski definition) is 2. The van der Waals surface area contributed by atoms with Crippen LogP contribution in [-0.2, 0) is 19.4 Å². The van der Waals surface area contributed by atoms with E-state index in [1.807, 2.05) is 31.2 Å². The van der Waals surface area contributed by atoms with Crippen LogP contribution in [0.4, 0.5) is 13.2 Å². The predicted molar refractivity (Wildman–Crippen MR) is 105 cm³/mol. The van der Waals surface area contributed by atoms with E-state index in [1.165, 1.54) is 12.1 Å². The summed E-state index contributed by atoms with van der Waals surface area (Å²) >= 11 is 0. The van der Waals surface area contributed by atoms with Crippen molar-refractivity contribution in [2.45, 2.75) is 26.3 Å². The Kier molecular flexibility index (Phi) is 6.26. The molecule has 3 aromatic rings. The average molecular weight is 396 g/mol. The highest BCUT2D eigenvalue weighted by Crippen LogP contribution is 2.29. The minimum absolute atomic E-state index is 0.0833. The lowest BCUT2D eigenvalue weighted by molar-refractivity contribution is -0.137. The molecule has 0 unspecified atom stereocenters. The molecule has 0 saturated carbocycles. The van der Waals surface area contributed by atoms with E-state index in [9.17, 15) is 18.3 Å². The lowest BCUT2D eigenvalue weighted by Gasteiger charge is -2.12. The van der Waals surface area contributed by atoms with Crippen LogP contribution in [0.5, 0.6) is 5.75 Å². The molecule has 0 amide bonds. The molecule has 0 aliphatic carbocycles. The van der Waals surface area contributed by atoms with Gasteiger partial charge in [-0.3, -0.25) is 0 Å². The summed E-state index contributed by atoms with van der Waals surface area (Å²) in [6.07, 6.45) is -4.37. The van der Waals surface area contributed by atoms with Crippen LogP contribution in [0.3, 0.4) is 0 Å². The molecule has 29 heavy (non-hydrogen) atoms. The molecule has 0 aromatic heterocycles. The van der Waals surface area contributed by atoms with Gasteiger partial charge in [0, 0.05) is 16.7 Å². The number of hydrogen-bond donors (Lipinski definition) is 1. The Morgan fingerprint density at radius 1 is 0.862 bits per heavy atom. The largest absolute Gasteiger partial charge is 0.488 e. The van der Waals surface area contributed by atoms with Crippen LogP contribution in [0.1, 0.15) is 33.4 Å². The molecule has 148 valence electrons. The summed E-state index contributed by atoms with van der Waals surface area (Å²) in [6, 6.07) is 17.9. The number of aliphatic hydroxyl groups is 1. The summed E-state index contributed by atoms with van der Waals surface area (Å²) in [6.45, 7) is 1.87. The van der Waals surface area contributed by atoms with Crippen LogP contribution in [0.2, 0.25) is 0 Å². The van der Waals surface area contributed by atoms with Gasteiger partial charge in [0.25, 0.3) is 0 Å². The Hall–Kier alpha value is -3.23. The van der Waals surface area contributed by atoms with E-state index in [0.29, 0.717) is 22.4 Å². The highest BCUT2D eigenvalue weighted by atomic mass is 19.4. The second-order valence-electron chi connectivity index (χ2n) is 6.58. The number of rotatable bonds is 4. The first-order valence-electron chi connectivity index (χ1n) is 8.96. The number of ether oxygens (including phenoxy) is 1. The van der Waals surface area contributed by atoms with Crippen LogP contribution in [0.25, 0.3) is 0 Å². The molecule has 0 bridgehead atoms. The molecule has 0 fully saturated rings. The fraction of sp³-hybridized carbons (Fsp3) is 0.167. The second kappa shape index (κ2) is 8.85. The van der Waals surface area contributed by atoms with Crippen LogP contribution < -0.4 is 4.74 Å². The van der Waals surface area contributed by atoms with E-state index in [0.717, 1.165) is 23.3 Å². The first-order chi connectivity index (χ1) is 13.8. The number of halogens is 3. The minimum Gasteiger partial charge on any atom is -0.488 e. The number of benzene rings is 3. The molecule has 2 nitrogen and oxygen atoms in total. The number of aliphatic hydroxyl groups excluding tert-OH is 1. The maximum Gasteiger partial charge on any atom is 0.416 e. The third kappa shape index (κ3) is 5.63. The predicted octanol–water partition coefficient (Wildman–Crippen LogP) is 5.48. The molecule has 5 heteroatoms. The molecule has 0 aliphatic heterocycles. The fourth-order valence-electron chi connectivity index (χ4n) is 2.63. The van der Waals surface area contributed by atoms with Crippen LogP contribution in [0, 0.1) is 18.8 Å². The van der Waals surface area contributed by atoms with Gasteiger partial charge < -0.3 is 9.84 Å². The van der Waals surface area contributed by atoms with Gasteiger partial charge in [-0.2, -0.15) is 13.2 Å². The van der Waals surface area contributed by atoms with Crippen molar-refractivity contribution < 1.29 is 23.0 Å². The summed E-state index contributed by atoms with van der Waals surface area (Å²) < 4.78 is 43.7. The molecule has 0 heterocycles. The van der Waals surface area contributed by atoms with Crippen molar-refractivity contribution in [2.75, 3.05) is 0 Å². The Morgan fingerprint density at radius 2 is 1.48 bits per heavy atom. The van der Waals surface area contributed by atoms with Crippen molar-refractivity contribution in [3.05, 3.63) is 100 Å². The lowest BCUT2D eigenvalue weighted by Crippen LogP contribution is -2.05. The molecule has 0 radical (unpaired) electrons. The first kappa shape index (κ1) is 20.5. The smallest absolute Gasteiger partial charge is 0.416 e. The normalized spacial score (nSPS) is 10.9. The fourth-order valence-corrected chi connectivity index (χ4v) is 2.63. The Bertz CT molecular complexity index is 1020. The maximum absolute atomic E-state index is 12.7. The van der Waals surface area contributed by atoms with E-state index in [2.05, 4.69) is 11.8 Å². The molecule has 0 saturated heterocycles.